The first kappa shape index (κ1) is 14.1. The molecule has 2 N–H and O–H groups in total. The van der Waals surface area contributed by atoms with Crippen molar-refractivity contribution in [2.75, 3.05) is 5.32 Å². The van der Waals surface area contributed by atoms with Gasteiger partial charge >= 0.3 is 6.18 Å². The molecule has 0 aliphatic carbocycles. The van der Waals surface area contributed by atoms with Crippen LogP contribution in [-0.2, 0) is 6.18 Å². The van der Waals surface area contributed by atoms with Gasteiger partial charge in [0.2, 0.25) is 0 Å². The van der Waals surface area contributed by atoms with Crippen molar-refractivity contribution in [3.63, 3.8) is 0 Å². The summed E-state index contributed by atoms with van der Waals surface area (Å²) in [5, 5.41) is 2.47. The van der Waals surface area contributed by atoms with Crippen LogP contribution < -0.4 is 5.32 Å². The van der Waals surface area contributed by atoms with Crippen molar-refractivity contribution >= 4 is 22.6 Å². The Bertz CT molecular complexity index is 839. The van der Waals surface area contributed by atoms with Crippen LogP contribution >= 0.6 is 0 Å². The largest absolute Gasteiger partial charge is 0.417 e. The maximum Gasteiger partial charge on any atom is 0.417 e. The van der Waals surface area contributed by atoms with Crippen molar-refractivity contribution in [1.82, 2.24) is 9.97 Å². The summed E-state index contributed by atoms with van der Waals surface area (Å²) in [6.45, 7) is 0. The minimum atomic E-state index is -4.58. The van der Waals surface area contributed by atoms with Gasteiger partial charge in [-0.3, -0.25) is 4.79 Å². The molecule has 0 spiro atoms. The third-order valence-electron chi connectivity index (χ3n) is 3.16. The topological polar surface area (TPSA) is 57.8 Å². The van der Waals surface area contributed by atoms with E-state index in [0.717, 1.165) is 12.1 Å². The number of carbonyl (C=O) groups excluding carboxylic acids is 1. The number of aromatic amines is 1. The highest BCUT2D eigenvalue weighted by atomic mass is 19.4. The van der Waals surface area contributed by atoms with Gasteiger partial charge in [-0.15, -0.1) is 0 Å². The summed E-state index contributed by atoms with van der Waals surface area (Å²) in [6.07, 6.45) is -3.09. The summed E-state index contributed by atoms with van der Waals surface area (Å²) in [7, 11) is 0. The molecular formula is C15H10F3N3O. The zero-order valence-electron chi connectivity index (χ0n) is 11.1. The zero-order valence-corrected chi connectivity index (χ0v) is 11.1. The van der Waals surface area contributed by atoms with Crippen LogP contribution in [0.3, 0.4) is 0 Å². The lowest BCUT2D eigenvalue weighted by atomic mass is 10.1. The van der Waals surface area contributed by atoms with Gasteiger partial charge in [0.15, 0.2) is 0 Å². The molecule has 0 aliphatic rings. The van der Waals surface area contributed by atoms with Gasteiger partial charge in [0, 0.05) is 5.69 Å². The minimum absolute atomic E-state index is 0.388. The number of benzene rings is 2. The Morgan fingerprint density at radius 3 is 2.68 bits per heavy atom. The number of aromatic nitrogens is 2. The Labute approximate surface area is 123 Å². The molecular weight excluding hydrogens is 295 g/mol. The summed E-state index contributed by atoms with van der Waals surface area (Å²) in [5.74, 6) is -0.813. The van der Waals surface area contributed by atoms with Gasteiger partial charge < -0.3 is 10.3 Å². The van der Waals surface area contributed by atoms with E-state index >= 15 is 0 Å². The van der Waals surface area contributed by atoms with Crippen molar-refractivity contribution in [1.29, 1.82) is 0 Å². The predicted molar refractivity (Wildman–Crippen MR) is 75.5 cm³/mol. The summed E-state index contributed by atoms with van der Waals surface area (Å²) in [5.41, 5.74) is 0.393. The van der Waals surface area contributed by atoms with Gasteiger partial charge in [0.05, 0.1) is 28.5 Å². The van der Waals surface area contributed by atoms with Crippen LogP contribution in [0.4, 0.5) is 18.9 Å². The Kier molecular flexibility index (Phi) is 3.32. The molecule has 1 amide bonds. The van der Waals surface area contributed by atoms with E-state index in [1.54, 1.807) is 18.2 Å². The monoisotopic (exact) mass is 305 g/mol. The standard InChI is InChI=1S/C15H10F3N3O/c16-15(17,18)11-4-2-1-3-10(11)14(22)21-9-5-6-12-13(7-9)20-8-19-12/h1-8H,(H,19,20)(H,21,22). The van der Waals surface area contributed by atoms with E-state index in [1.165, 1.54) is 18.5 Å². The second-order valence-corrected chi connectivity index (χ2v) is 4.63. The molecule has 0 radical (unpaired) electrons. The molecule has 0 bridgehead atoms. The average Bonchev–Trinajstić information content (AvgIpc) is 2.94. The molecule has 0 aliphatic heterocycles. The number of anilines is 1. The number of nitrogens with one attached hydrogen (secondary N) is 2. The van der Waals surface area contributed by atoms with Gasteiger partial charge in [-0.25, -0.2) is 4.98 Å². The van der Waals surface area contributed by atoms with Gasteiger partial charge in [0.25, 0.3) is 5.91 Å². The first-order valence-electron chi connectivity index (χ1n) is 6.36. The average molecular weight is 305 g/mol. The number of hydrogen-bond acceptors (Lipinski definition) is 2. The van der Waals surface area contributed by atoms with Crippen molar-refractivity contribution in [3.05, 3.63) is 59.9 Å². The van der Waals surface area contributed by atoms with Crippen molar-refractivity contribution in [3.8, 4) is 0 Å². The van der Waals surface area contributed by atoms with E-state index < -0.39 is 23.2 Å². The lowest BCUT2D eigenvalue weighted by molar-refractivity contribution is -0.137. The first-order valence-corrected chi connectivity index (χ1v) is 6.36. The van der Waals surface area contributed by atoms with E-state index in [1.807, 2.05) is 0 Å². The summed E-state index contributed by atoms with van der Waals surface area (Å²) >= 11 is 0. The quantitative estimate of drug-likeness (QED) is 0.756. The maximum absolute atomic E-state index is 12.9. The SMILES string of the molecule is O=C(Nc1ccc2nc[nH]c2c1)c1ccccc1C(F)(F)F. The predicted octanol–water partition coefficient (Wildman–Crippen LogP) is 3.83. The van der Waals surface area contributed by atoms with Crippen LogP contribution in [0.2, 0.25) is 0 Å². The van der Waals surface area contributed by atoms with E-state index in [0.29, 0.717) is 16.7 Å². The number of alkyl halides is 3. The third-order valence-corrected chi connectivity index (χ3v) is 3.16. The molecule has 0 fully saturated rings. The molecule has 4 nitrogen and oxygen atoms in total. The molecule has 0 saturated heterocycles. The fraction of sp³-hybridized carbons (Fsp3) is 0.0667. The summed E-state index contributed by atoms with van der Waals surface area (Å²) < 4.78 is 38.8. The molecule has 22 heavy (non-hydrogen) atoms. The molecule has 3 aromatic rings. The van der Waals surface area contributed by atoms with Crippen LogP contribution in [0.15, 0.2) is 48.8 Å². The van der Waals surface area contributed by atoms with Gasteiger partial charge in [-0.05, 0) is 30.3 Å². The Hall–Kier alpha value is -2.83. The molecule has 0 atom stereocenters. The Morgan fingerprint density at radius 2 is 1.91 bits per heavy atom. The Balaban J connectivity index is 1.91. The van der Waals surface area contributed by atoms with E-state index in [2.05, 4.69) is 15.3 Å². The second-order valence-electron chi connectivity index (χ2n) is 4.63. The summed E-state index contributed by atoms with van der Waals surface area (Å²) in [6, 6.07) is 9.52. The normalized spacial score (nSPS) is 11.6. The number of carbonyl (C=O) groups is 1. The number of H-pyrrole nitrogens is 1. The van der Waals surface area contributed by atoms with Gasteiger partial charge in [-0.2, -0.15) is 13.2 Å². The number of imidazole rings is 1. The third kappa shape index (κ3) is 2.65. The number of nitrogens with zero attached hydrogens (tertiary/aromatic N) is 1. The minimum Gasteiger partial charge on any atom is -0.345 e. The number of rotatable bonds is 2. The van der Waals surface area contributed by atoms with Gasteiger partial charge in [-0.1, -0.05) is 12.1 Å². The van der Waals surface area contributed by atoms with E-state index in [-0.39, 0.29) is 0 Å². The van der Waals surface area contributed by atoms with Crippen LogP contribution in [0.25, 0.3) is 11.0 Å². The summed E-state index contributed by atoms with van der Waals surface area (Å²) in [4.78, 5) is 19.0. The van der Waals surface area contributed by atoms with E-state index in [4.69, 9.17) is 0 Å². The molecule has 0 unspecified atom stereocenters. The van der Waals surface area contributed by atoms with Crippen molar-refractivity contribution < 1.29 is 18.0 Å². The fourth-order valence-electron chi connectivity index (χ4n) is 2.14. The maximum atomic E-state index is 12.9. The molecule has 1 aromatic heterocycles. The molecule has 2 aromatic carbocycles. The van der Waals surface area contributed by atoms with E-state index in [9.17, 15) is 18.0 Å². The molecule has 3 rings (SSSR count). The number of halogens is 3. The van der Waals surface area contributed by atoms with Crippen molar-refractivity contribution in [2.45, 2.75) is 6.18 Å². The smallest absolute Gasteiger partial charge is 0.345 e. The fourth-order valence-corrected chi connectivity index (χ4v) is 2.14. The Morgan fingerprint density at radius 1 is 1.14 bits per heavy atom. The first-order chi connectivity index (χ1) is 10.4. The number of fused-ring (bicyclic) bond motifs is 1. The lowest BCUT2D eigenvalue weighted by Gasteiger charge is -2.12. The van der Waals surface area contributed by atoms with Crippen LogP contribution in [-0.4, -0.2) is 15.9 Å². The highest BCUT2D eigenvalue weighted by molar-refractivity contribution is 6.06. The van der Waals surface area contributed by atoms with Crippen LogP contribution in [0.1, 0.15) is 15.9 Å². The van der Waals surface area contributed by atoms with Crippen molar-refractivity contribution in [2.24, 2.45) is 0 Å². The van der Waals surface area contributed by atoms with Gasteiger partial charge in [0.1, 0.15) is 0 Å². The lowest BCUT2D eigenvalue weighted by Crippen LogP contribution is -2.18. The molecule has 7 heteroatoms. The number of hydrogen-bond donors (Lipinski definition) is 2. The zero-order chi connectivity index (χ0) is 15.7. The van der Waals surface area contributed by atoms with Crippen LogP contribution in [0.5, 0.6) is 0 Å². The van der Waals surface area contributed by atoms with Crippen LogP contribution in [0, 0.1) is 0 Å². The highest BCUT2D eigenvalue weighted by Gasteiger charge is 2.34. The second kappa shape index (κ2) is 5.18. The molecule has 112 valence electrons. The number of amides is 1. The highest BCUT2D eigenvalue weighted by Crippen LogP contribution is 2.32. The molecule has 0 saturated carbocycles. The molecule has 1 heterocycles.